The lowest BCUT2D eigenvalue weighted by Crippen LogP contribution is -2.50. The minimum Gasteiger partial charge on any atom is -0.481 e. The number of carboxylic acids is 1. The quantitative estimate of drug-likeness (QED) is 0.312. The van der Waals surface area contributed by atoms with E-state index >= 15 is 0 Å². The summed E-state index contributed by atoms with van der Waals surface area (Å²) in [7, 11) is -4.48. The topological polar surface area (TPSA) is 91.8 Å². The van der Waals surface area contributed by atoms with E-state index in [9.17, 15) is 53.8 Å². The second-order valence-corrected chi connectivity index (χ2v) is 14.7. The fourth-order valence-electron chi connectivity index (χ4n) is 5.79. The molecule has 1 saturated carbocycles. The van der Waals surface area contributed by atoms with Gasteiger partial charge in [0.15, 0.2) is 9.84 Å². The van der Waals surface area contributed by atoms with Crippen molar-refractivity contribution in [1.29, 1.82) is 0 Å². The SMILES string of the molecule is O=C(O)C1CCC(C(=O)N2CCC(c3ccc(C(F)(C(F)(F)F)C(F)(F)F)cc3)(S(=O)(=O)c3ccc(Br)c(Br)c3)C2)CC1. The largest absolute Gasteiger partial charge is 0.481 e. The molecule has 1 aliphatic heterocycles. The molecule has 6 nitrogen and oxygen atoms in total. The van der Waals surface area contributed by atoms with Crippen molar-refractivity contribution in [3.05, 3.63) is 62.5 Å². The van der Waals surface area contributed by atoms with Crippen LogP contribution in [0.1, 0.15) is 43.2 Å². The zero-order chi connectivity index (χ0) is 32.2. The van der Waals surface area contributed by atoms with Crippen LogP contribution in [-0.4, -0.2) is 55.7 Å². The Bertz CT molecular complexity index is 1490. The van der Waals surface area contributed by atoms with Gasteiger partial charge in [-0.1, -0.05) is 24.3 Å². The van der Waals surface area contributed by atoms with Gasteiger partial charge >= 0.3 is 24.0 Å². The fraction of sp³-hybridized carbons (Fsp3) is 0.481. The maximum Gasteiger partial charge on any atom is 0.435 e. The molecule has 1 unspecified atom stereocenters. The number of benzene rings is 2. The van der Waals surface area contributed by atoms with Crippen LogP contribution in [0.25, 0.3) is 0 Å². The van der Waals surface area contributed by atoms with Crippen LogP contribution in [0.4, 0.5) is 30.7 Å². The van der Waals surface area contributed by atoms with Crippen LogP contribution in [-0.2, 0) is 29.8 Å². The zero-order valence-electron chi connectivity index (χ0n) is 22.0. The standard InChI is InChI=1S/C27H24Br2F7NO5S/c28-20-10-9-19(13-21(20)29)43(41,42)24(11-12-37(14-24)22(38)15-1-3-16(4-2-15)23(39)40)17-5-7-18(8-6-17)25(30,26(31,32)33)27(34,35)36/h5-10,13,15-16H,1-4,11-12,14H2,(H,39,40). The van der Waals surface area contributed by atoms with Crippen molar-refractivity contribution >= 4 is 53.6 Å². The number of carbonyl (C=O) groups excluding carboxylic acids is 1. The number of likely N-dealkylation sites (tertiary alicyclic amines) is 1. The Hall–Kier alpha value is -2.20. The molecule has 2 aliphatic rings. The summed E-state index contributed by atoms with van der Waals surface area (Å²) in [5.74, 6) is -2.59. The molecule has 1 N–H and O–H groups in total. The van der Waals surface area contributed by atoms with Crippen LogP contribution in [0.3, 0.4) is 0 Å². The van der Waals surface area contributed by atoms with Gasteiger partial charge in [-0.05, 0) is 87.7 Å². The Balaban J connectivity index is 1.77. The Labute approximate surface area is 258 Å². The number of nitrogens with zero attached hydrogens (tertiary/aromatic N) is 1. The van der Waals surface area contributed by atoms with E-state index in [4.69, 9.17) is 0 Å². The molecule has 0 spiro atoms. The number of hydrogen-bond acceptors (Lipinski definition) is 4. The molecule has 16 heteroatoms. The van der Waals surface area contributed by atoms with Crippen molar-refractivity contribution in [1.82, 2.24) is 4.90 Å². The Kier molecular flexibility index (Phi) is 9.11. The smallest absolute Gasteiger partial charge is 0.435 e. The van der Waals surface area contributed by atoms with Gasteiger partial charge < -0.3 is 10.0 Å². The molecule has 236 valence electrons. The highest BCUT2D eigenvalue weighted by Crippen LogP contribution is 2.54. The van der Waals surface area contributed by atoms with Crippen molar-refractivity contribution in [2.75, 3.05) is 13.1 Å². The number of carboxylic acid groups (broad SMARTS) is 1. The summed E-state index contributed by atoms with van der Waals surface area (Å²) in [6, 6.07) is 5.93. The van der Waals surface area contributed by atoms with Crippen molar-refractivity contribution in [3.8, 4) is 0 Å². The summed E-state index contributed by atoms with van der Waals surface area (Å²) in [6.07, 6.45) is -11.9. The predicted molar refractivity (Wildman–Crippen MR) is 146 cm³/mol. The van der Waals surface area contributed by atoms with Gasteiger partial charge in [-0.3, -0.25) is 9.59 Å². The highest BCUT2D eigenvalue weighted by atomic mass is 79.9. The summed E-state index contributed by atoms with van der Waals surface area (Å²) in [5, 5.41) is 9.25. The first kappa shape index (κ1) is 33.7. The van der Waals surface area contributed by atoms with Gasteiger partial charge in [-0.15, -0.1) is 0 Å². The average Bonchev–Trinajstić information content (AvgIpc) is 3.40. The lowest BCUT2D eigenvalue weighted by atomic mass is 9.81. The van der Waals surface area contributed by atoms with E-state index in [0.29, 0.717) is 8.95 Å². The first-order valence-electron chi connectivity index (χ1n) is 12.9. The lowest BCUT2D eigenvalue weighted by Gasteiger charge is -2.33. The fourth-order valence-corrected chi connectivity index (χ4v) is 8.67. The van der Waals surface area contributed by atoms with Gasteiger partial charge in [0.1, 0.15) is 4.75 Å². The number of alkyl halides is 7. The number of aliphatic carboxylic acids is 1. The van der Waals surface area contributed by atoms with Gasteiger partial charge in [0.2, 0.25) is 5.91 Å². The third-order valence-corrected chi connectivity index (χ3v) is 12.6. The van der Waals surface area contributed by atoms with E-state index < -0.39 is 68.4 Å². The van der Waals surface area contributed by atoms with Gasteiger partial charge in [0, 0.05) is 33.5 Å². The second kappa shape index (κ2) is 11.6. The first-order chi connectivity index (χ1) is 19.8. The summed E-state index contributed by atoms with van der Waals surface area (Å²) in [5.41, 5.74) is -7.68. The van der Waals surface area contributed by atoms with E-state index in [-0.39, 0.29) is 61.2 Å². The summed E-state index contributed by atoms with van der Waals surface area (Å²) >= 11 is 6.45. The zero-order valence-corrected chi connectivity index (χ0v) is 26.0. The highest BCUT2D eigenvalue weighted by molar-refractivity contribution is 9.13. The number of hydrogen-bond donors (Lipinski definition) is 1. The van der Waals surface area contributed by atoms with Crippen LogP contribution >= 0.6 is 31.9 Å². The van der Waals surface area contributed by atoms with E-state index in [0.717, 1.165) is 12.1 Å². The number of amides is 1. The molecule has 0 radical (unpaired) electrons. The van der Waals surface area contributed by atoms with Gasteiger partial charge in [-0.25, -0.2) is 12.8 Å². The third-order valence-electron chi connectivity index (χ3n) is 8.27. The molecule has 2 aromatic carbocycles. The number of rotatable bonds is 6. The van der Waals surface area contributed by atoms with Crippen LogP contribution < -0.4 is 0 Å². The molecular formula is C27H24Br2F7NO5S. The van der Waals surface area contributed by atoms with Crippen LogP contribution in [0.2, 0.25) is 0 Å². The van der Waals surface area contributed by atoms with Gasteiger partial charge in [-0.2, -0.15) is 26.3 Å². The maximum atomic E-state index is 14.7. The Morgan fingerprint density at radius 2 is 1.37 bits per heavy atom. The summed E-state index contributed by atoms with van der Waals surface area (Å²) < 4.78 is 122. The first-order valence-corrected chi connectivity index (χ1v) is 16.0. The molecule has 1 heterocycles. The van der Waals surface area contributed by atoms with E-state index in [1.807, 2.05) is 0 Å². The normalized spacial score (nSPS) is 23.8. The van der Waals surface area contributed by atoms with E-state index in [2.05, 4.69) is 31.9 Å². The van der Waals surface area contributed by atoms with Crippen LogP contribution in [0, 0.1) is 11.8 Å². The summed E-state index contributed by atoms with van der Waals surface area (Å²) in [6.45, 7) is -0.576. The third kappa shape index (κ3) is 5.83. The molecular weight excluding hydrogens is 743 g/mol. The highest BCUT2D eigenvalue weighted by Gasteiger charge is 2.73. The molecule has 1 amide bonds. The predicted octanol–water partition coefficient (Wildman–Crippen LogP) is 7.29. The minimum atomic E-state index is -6.35. The van der Waals surface area contributed by atoms with E-state index in [1.165, 1.54) is 23.1 Å². The maximum absolute atomic E-state index is 14.7. The van der Waals surface area contributed by atoms with Crippen LogP contribution in [0.15, 0.2) is 56.3 Å². The Morgan fingerprint density at radius 3 is 1.86 bits per heavy atom. The summed E-state index contributed by atoms with van der Waals surface area (Å²) in [4.78, 5) is 25.8. The monoisotopic (exact) mass is 765 g/mol. The van der Waals surface area contributed by atoms with Gasteiger partial charge in [0.05, 0.1) is 10.8 Å². The molecule has 0 aromatic heterocycles. The van der Waals surface area contributed by atoms with Crippen molar-refractivity contribution in [2.45, 2.75) is 59.8 Å². The van der Waals surface area contributed by atoms with Crippen molar-refractivity contribution < 1.29 is 53.8 Å². The van der Waals surface area contributed by atoms with Gasteiger partial charge in [0.25, 0.3) is 0 Å². The Morgan fingerprint density at radius 1 is 0.837 bits per heavy atom. The average molecular weight is 767 g/mol. The lowest BCUT2D eigenvalue weighted by molar-refractivity contribution is -0.348. The molecule has 0 bridgehead atoms. The molecule has 1 atom stereocenters. The minimum absolute atomic E-state index is 0.103. The molecule has 2 fully saturated rings. The second-order valence-electron chi connectivity index (χ2n) is 10.7. The number of halogens is 9. The molecule has 43 heavy (non-hydrogen) atoms. The molecule has 2 aromatic rings. The molecule has 4 rings (SSSR count). The van der Waals surface area contributed by atoms with Crippen molar-refractivity contribution in [3.63, 3.8) is 0 Å². The van der Waals surface area contributed by atoms with Crippen molar-refractivity contribution in [2.24, 2.45) is 11.8 Å². The number of sulfone groups is 1. The molecule has 1 saturated heterocycles. The van der Waals surface area contributed by atoms with Crippen LogP contribution in [0.5, 0.6) is 0 Å². The molecule has 1 aliphatic carbocycles. The number of carbonyl (C=O) groups is 2. The van der Waals surface area contributed by atoms with E-state index in [1.54, 1.807) is 0 Å².